The summed E-state index contributed by atoms with van der Waals surface area (Å²) in [6, 6.07) is 3.50. The molecule has 2 heterocycles. The smallest absolute Gasteiger partial charge is 0.290 e. The van der Waals surface area contributed by atoms with E-state index in [4.69, 9.17) is 0 Å². The topological polar surface area (TPSA) is 95.6 Å². The van der Waals surface area contributed by atoms with Crippen molar-refractivity contribution in [3.05, 3.63) is 35.0 Å². The van der Waals surface area contributed by atoms with Gasteiger partial charge < -0.3 is 0 Å². The Morgan fingerprint density at radius 1 is 1.25 bits per heavy atom. The van der Waals surface area contributed by atoms with Crippen LogP contribution in [-0.4, -0.2) is 27.0 Å². The van der Waals surface area contributed by atoms with Gasteiger partial charge in [0.1, 0.15) is 5.82 Å². The van der Waals surface area contributed by atoms with Gasteiger partial charge in [0.15, 0.2) is 0 Å². The molecule has 7 nitrogen and oxygen atoms in total. The lowest BCUT2D eigenvalue weighted by molar-refractivity contribution is 0.905. The van der Waals surface area contributed by atoms with Gasteiger partial charge >= 0.3 is 5.69 Å². The van der Waals surface area contributed by atoms with Gasteiger partial charge in [0.2, 0.25) is 5.95 Å². The zero-order valence-corrected chi connectivity index (χ0v) is 8.56. The molecule has 16 heavy (non-hydrogen) atoms. The fraction of sp³-hybridized carbons (Fsp3) is 0.111. The van der Waals surface area contributed by atoms with Crippen molar-refractivity contribution in [2.24, 2.45) is 0 Å². The molecule has 2 rings (SSSR count). The summed E-state index contributed by atoms with van der Waals surface area (Å²) in [4.78, 5) is 25.5. The minimum Gasteiger partial charge on any atom is -0.290 e. The second-order valence-corrected chi connectivity index (χ2v) is 2.94. The first-order chi connectivity index (χ1) is 7.79. The van der Waals surface area contributed by atoms with Crippen LogP contribution in [0.1, 0.15) is 0 Å². The molecule has 0 unspecified atom stereocenters. The van der Waals surface area contributed by atoms with Crippen LogP contribution in [-0.2, 0) is 0 Å². The van der Waals surface area contributed by atoms with Crippen LogP contribution in [0.15, 0.2) is 29.3 Å². The number of rotatable bonds is 3. The van der Waals surface area contributed by atoms with Gasteiger partial charge in [-0.25, -0.2) is 10.2 Å². The highest BCUT2D eigenvalue weighted by atomic mass is 16.1. The summed E-state index contributed by atoms with van der Waals surface area (Å²) in [5, 5.41) is 0. The van der Waals surface area contributed by atoms with Crippen molar-refractivity contribution >= 4 is 5.95 Å². The zero-order valence-electron chi connectivity index (χ0n) is 8.56. The lowest BCUT2D eigenvalue weighted by Crippen LogP contribution is -2.22. The molecule has 0 fully saturated rings. The first kappa shape index (κ1) is 10.2. The van der Waals surface area contributed by atoms with Crippen molar-refractivity contribution in [2.75, 3.05) is 12.5 Å². The number of hydrogen-bond acceptors (Lipinski definition) is 6. The number of hydrazine groups is 1. The molecule has 0 spiro atoms. The minimum atomic E-state index is -0.459. The van der Waals surface area contributed by atoms with Crippen LogP contribution in [0.2, 0.25) is 0 Å². The normalized spacial score (nSPS) is 10.1. The van der Waals surface area contributed by atoms with Crippen molar-refractivity contribution in [1.82, 2.24) is 25.4 Å². The Morgan fingerprint density at radius 3 is 2.69 bits per heavy atom. The van der Waals surface area contributed by atoms with E-state index in [1.165, 1.54) is 0 Å². The molecule has 0 saturated carbocycles. The molecule has 2 aromatic rings. The van der Waals surface area contributed by atoms with Crippen LogP contribution in [0.4, 0.5) is 5.95 Å². The number of anilines is 1. The SMILES string of the molecule is CNNc1nc(-c2ccncc2)[nH]c(=O)n1. The monoisotopic (exact) mass is 218 g/mol. The maximum absolute atomic E-state index is 11.3. The standard InChI is InChI=1S/C9H10N6O/c1-10-15-8-12-7(13-9(16)14-8)6-2-4-11-5-3-6/h2-5,10H,1H3,(H2,12,13,14,15,16). The van der Waals surface area contributed by atoms with E-state index in [0.29, 0.717) is 5.82 Å². The fourth-order valence-corrected chi connectivity index (χ4v) is 1.20. The van der Waals surface area contributed by atoms with E-state index in [2.05, 4.69) is 30.8 Å². The highest BCUT2D eigenvalue weighted by Gasteiger charge is 2.03. The molecule has 0 atom stereocenters. The van der Waals surface area contributed by atoms with Crippen molar-refractivity contribution < 1.29 is 0 Å². The molecule has 0 saturated heterocycles. The predicted octanol–water partition coefficient (Wildman–Crippen LogP) is -0.227. The average molecular weight is 218 g/mol. The fourth-order valence-electron chi connectivity index (χ4n) is 1.20. The summed E-state index contributed by atoms with van der Waals surface area (Å²) in [6.07, 6.45) is 3.25. The number of pyridine rings is 1. The van der Waals surface area contributed by atoms with Gasteiger partial charge in [-0.3, -0.25) is 15.4 Å². The van der Waals surface area contributed by atoms with E-state index in [1.54, 1.807) is 31.6 Å². The maximum Gasteiger partial charge on any atom is 0.349 e. The van der Waals surface area contributed by atoms with Crippen LogP contribution in [0.3, 0.4) is 0 Å². The molecule has 0 aromatic carbocycles. The Kier molecular flexibility index (Phi) is 2.88. The highest BCUT2D eigenvalue weighted by molar-refractivity contribution is 5.54. The van der Waals surface area contributed by atoms with Crippen LogP contribution >= 0.6 is 0 Å². The molecule has 0 bridgehead atoms. The predicted molar refractivity (Wildman–Crippen MR) is 58.6 cm³/mol. The lowest BCUT2D eigenvalue weighted by atomic mass is 10.2. The Morgan fingerprint density at radius 2 is 2.00 bits per heavy atom. The third-order valence-corrected chi connectivity index (χ3v) is 1.84. The van der Waals surface area contributed by atoms with Gasteiger partial charge in [-0.15, -0.1) is 0 Å². The molecule has 3 N–H and O–H groups in total. The molecule has 0 aliphatic rings. The van der Waals surface area contributed by atoms with E-state index in [0.717, 1.165) is 5.56 Å². The lowest BCUT2D eigenvalue weighted by Gasteiger charge is -2.03. The van der Waals surface area contributed by atoms with Crippen LogP contribution in [0.5, 0.6) is 0 Å². The molecule has 0 amide bonds. The summed E-state index contributed by atoms with van der Waals surface area (Å²) < 4.78 is 0. The van der Waals surface area contributed by atoms with E-state index < -0.39 is 5.69 Å². The van der Waals surface area contributed by atoms with E-state index >= 15 is 0 Å². The largest absolute Gasteiger partial charge is 0.349 e. The van der Waals surface area contributed by atoms with Crippen LogP contribution in [0.25, 0.3) is 11.4 Å². The number of hydrogen-bond donors (Lipinski definition) is 3. The number of H-pyrrole nitrogens is 1. The number of nitrogens with zero attached hydrogens (tertiary/aromatic N) is 3. The van der Waals surface area contributed by atoms with E-state index in [9.17, 15) is 4.79 Å². The minimum absolute atomic E-state index is 0.220. The van der Waals surface area contributed by atoms with Crippen molar-refractivity contribution in [2.45, 2.75) is 0 Å². The summed E-state index contributed by atoms with van der Waals surface area (Å²) in [6.45, 7) is 0. The van der Waals surface area contributed by atoms with Crippen LogP contribution < -0.4 is 16.5 Å². The first-order valence-corrected chi connectivity index (χ1v) is 4.61. The van der Waals surface area contributed by atoms with Gasteiger partial charge in [-0.05, 0) is 12.1 Å². The molecule has 82 valence electrons. The second kappa shape index (κ2) is 4.49. The molecule has 0 aliphatic heterocycles. The summed E-state index contributed by atoms with van der Waals surface area (Å²) in [5.74, 6) is 0.665. The molecule has 0 radical (unpaired) electrons. The third kappa shape index (κ3) is 2.20. The number of aromatic amines is 1. The highest BCUT2D eigenvalue weighted by Crippen LogP contribution is 2.11. The van der Waals surface area contributed by atoms with E-state index in [1.807, 2.05) is 0 Å². The summed E-state index contributed by atoms with van der Waals surface area (Å²) in [5.41, 5.74) is 5.61. The maximum atomic E-state index is 11.3. The first-order valence-electron chi connectivity index (χ1n) is 4.61. The van der Waals surface area contributed by atoms with Gasteiger partial charge in [-0.1, -0.05) is 0 Å². The summed E-state index contributed by atoms with van der Waals surface area (Å²) in [7, 11) is 1.66. The molecule has 2 aromatic heterocycles. The van der Waals surface area contributed by atoms with Crippen molar-refractivity contribution in [3.8, 4) is 11.4 Å². The Hall–Kier alpha value is -2.28. The average Bonchev–Trinajstić information content (AvgIpc) is 2.30. The number of aromatic nitrogens is 4. The van der Waals surface area contributed by atoms with Gasteiger partial charge in [0, 0.05) is 25.0 Å². The van der Waals surface area contributed by atoms with Crippen molar-refractivity contribution in [1.29, 1.82) is 0 Å². The second-order valence-electron chi connectivity index (χ2n) is 2.94. The number of nitrogens with one attached hydrogen (secondary N) is 3. The Balaban J connectivity index is 2.45. The van der Waals surface area contributed by atoms with Gasteiger partial charge in [0.05, 0.1) is 0 Å². The molecular formula is C9H10N6O. The molecule has 7 heteroatoms. The Bertz CT molecular complexity index is 523. The third-order valence-electron chi connectivity index (χ3n) is 1.84. The van der Waals surface area contributed by atoms with E-state index in [-0.39, 0.29) is 5.95 Å². The van der Waals surface area contributed by atoms with Crippen molar-refractivity contribution in [3.63, 3.8) is 0 Å². The molecule has 0 aliphatic carbocycles. The van der Waals surface area contributed by atoms with Gasteiger partial charge in [-0.2, -0.15) is 9.97 Å². The summed E-state index contributed by atoms with van der Waals surface area (Å²) >= 11 is 0. The Labute approximate surface area is 91.0 Å². The zero-order chi connectivity index (χ0) is 11.4. The van der Waals surface area contributed by atoms with Crippen LogP contribution in [0, 0.1) is 0 Å². The van der Waals surface area contributed by atoms with Gasteiger partial charge in [0.25, 0.3) is 0 Å². The quantitative estimate of drug-likeness (QED) is 0.616. The molecular weight excluding hydrogens is 208 g/mol.